The van der Waals surface area contributed by atoms with Gasteiger partial charge in [-0.3, -0.25) is 0 Å². The third-order valence-corrected chi connectivity index (χ3v) is 8.98. The third kappa shape index (κ3) is 3.51. The van der Waals surface area contributed by atoms with E-state index >= 15 is 0 Å². The van der Waals surface area contributed by atoms with Crippen LogP contribution in [0.3, 0.4) is 0 Å². The van der Waals surface area contributed by atoms with Crippen molar-refractivity contribution in [1.82, 2.24) is 0 Å². The van der Waals surface area contributed by atoms with Crippen LogP contribution >= 0.6 is 11.6 Å². The Bertz CT molecular complexity index is 480. The number of halogens is 1. The molecular weight excluding hydrogens is 631 g/mol. The van der Waals surface area contributed by atoms with E-state index in [0.29, 0.717) is 57.3 Å². The van der Waals surface area contributed by atoms with E-state index in [1.807, 2.05) is 0 Å². The second-order valence-corrected chi connectivity index (χ2v) is 9.64. The first-order valence-corrected chi connectivity index (χ1v) is 11.2. The molecule has 18 heavy (non-hydrogen) atoms. The van der Waals surface area contributed by atoms with Gasteiger partial charge in [-0.25, -0.2) is 0 Å². The second-order valence-electron chi connectivity index (χ2n) is 3.77. The van der Waals surface area contributed by atoms with Crippen molar-refractivity contribution < 1.29 is 66.5 Å². The van der Waals surface area contributed by atoms with Gasteiger partial charge in [0.25, 0.3) is 0 Å². The molecule has 0 atom stereocenters. The Hall–Kier alpha value is 0.450. The molecule has 1 aromatic carbocycles. The summed E-state index contributed by atoms with van der Waals surface area (Å²) < 4.78 is 12.9. The standard InChI is InChI=1S/C11H12ClNO3.2Hg/c1-7(14)6-13-9-4-8(12)10(15-2)5-11(9)16-3;;/h13H,6H2,1-3H3;;. The van der Waals surface area contributed by atoms with Crippen LogP contribution in [-0.4, -0.2) is 26.5 Å². The zero-order valence-electron chi connectivity index (χ0n) is 10.7. The van der Waals surface area contributed by atoms with Gasteiger partial charge in [-0.2, -0.15) is 0 Å². The van der Waals surface area contributed by atoms with Gasteiger partial charge < -0.3 is 0 Å². The number of carbonyl (C=O) groups excluding carboxylic acids is 1. The molecule has 0 aliphatic rings. The van der Waals surface area contributed by atoms with Crippen LogP contribution < -0.4 is 20.9 Å². The van der Waals surface area contributed by atoms with Crippen LogP contribution in [0.2, 0.25) is 5.02 Å². The maximum atomic E-state index is 11.1. The molecule has 0 unspecified atom stereocenters. The molecular formula is C11H12ClHg2NO3. The summed E-state index contributed by atoms with van der Waals surface area (Å²) in [6.45, 7) is 1.84. The topological polar surface area (TPSA) is 47.6 Å². The average molecular weight is 643 g/mol. The van der Waals surface area contributed by atoms with Gasteiger partial charge in [0.15, 0.2) is 0 Å². The molecule has 0 aliphatic heterocycles. The van der Waals surface area contributed by atoms with Crippen molar-refractivity contribution in [1.29, 1.82) is 0 Å². The molecule has 7 heteroatoms. The van der Waals surface area contributed by atoms with Crippen molar-refractivity contribution in [3.8, 4) is 11.5 Å². The summed E-state index contributed by atoms with van der Waals surface area (Å²) in [7, 11) is 3.25. The maximum absolute atomic E-state index is 11.1. The predicted molar refractivity (Wildman–Crippen MR) is 63.0 cm³/mol. The second kappa shape index (κ2) is 7.29. The van der Waals surface area contributed by atoms with Gasteiger partial charge in [-0.1, -0.05) is 0 Å². The summed E-state index contributed by atoms with van der Waals surface area (Å²) in [5.41, 5.74) is 0.867. The van der Waals surface area contributed by atoms with Crippen LogP contribution in [0.5, 0.6) is 11.5 Å². The Balaban J connectivity index is 3.36. The molecule has 1 aromatic rings. The SMILES string of the molecule is COc1c(Cl)[c]([Hg])c(NCC(C)=O)c(OC)[c]1[Hg]. The fourth-order valence-electron chi connectivity index (χ4n) is 1.61. The van der Waals surface area contributed by atoms with Crippen LogP contribution in [-0.2, 0) is 57.0 Å². The average Bonchev–Trinajstić information content (AvgIpc) is 2.32. The number of ketones is 1. The molecule has 0 saturated heterocycles. The first-order chi connectivity index (χ1) is 8.43. The Morgan fingerprint density at radius 2 is 1.78 bits per heavy atom. The quantitative estimate of drug-likeness (QED) is 0.481. The molecule has 0 bridgehead atoms. The number of Topliss-reactive ketones (excluding diaryl/α,β-unsaturated/α-hetero) is 1. The number of ether oxygens (including phenoxy) is 2. The van der Waals surface area contributed by atoms with Gasteiger partial charge in [-0.05, 0) is 0 Å². The van der Waals surface area contributed by atoms with E-state index in [9.17, 15) is 4.79 Å². The predicted octanol–water partition coefficient (Wildman–Crippen LogP) is 0.702. The van der Waals surface area contributed by atoms with Gasteiger partial charge in [-0.15, -0.1) is 0 Å². The summed E-state index contributed by atoms with van der Waals surface area (Å²) >= 11 is 6.92. The minimum atomic E-state index is 0.0801. The first-order valence-electron chi connectivity index (χ1n) is 5.28. The van der Waals surface area contributed by atoms with Crippen LogP contribution in [0, 0.1) is 0 Å². The summed E-state index contributed by atoms with van der Waals surface area (Å²) in [6.07, 6.45) is 0. The molecule has 0 saturated carbocycles. The number of rotatable bonds is 5. The van der Waals surface area contributed by atoms with Crippen LogP contribution in [0.15, 0.2) is 0 Å². The number of nitrogens with one attached hydrogen (secondary N) is 1. The normalized spacial score (nSPS) is 10.2. The fourth-order valence-corrected chi connectivity index (χ4v) is 6.56. The molecule has 0 aromatic heterocycles. The fraction of sp³-hybridized carbons (Fsp3) is 0.364. The van der Waals surface area contributed by atoms with Gasteiger partial charge in [0, 0.05) is 0 Å². The Morgan fingerprint density at radius 3 is 2.22 bits per heavy atom. The van der Waals surface area contributed by atoms with Crippen molar-refractivity contribution in [3.05, 3.63) is 5.02 Å². The minimum absolute atomic E-state index is 0.0801. The molecule has 0 aliphatic carbocycles. The van der Waals surface area contributed by atoms with Crippen LogP contribution in [0.1, 0.15) is 6.92 Å². The van der Waals surface area contributed by atoms with Crippen molar-refractivity contribution in [2.45, 2.75) is 6.92 Å². The van der Waals surface area contributed by atoms with Gasteiger partial charge in [0.1, 0.15) is 0 Å². The Labute approximate surface area is 144 Å². The van der Waals surface area contributed by atoms with Crippen molar-refractivity contribution in [3.63, 3.8) is 0 Å². The zero-order valence-corrected chi connectivity index (χ0v) is 22.5. The van der Waals surface area contributed by atoms with Crippen molar-refractivity contribution >= 4 is 29.2 Å². The van der Waals surface area contributed by atoms with Gasteiger partial charge in [0.2, 0.25) is 0 Å². The number of hydrogen-bond acceptors (Lipinski definition) is 4. The summed E-state index contributed by atoms with van der Waals surface area (Å²) in [5.74, 6) is 1.59. The van der Waals surface area contributed by atoms with E-state index < -0.39 is 0 Å². The number of carbonyl (C=O) groups is 1. The molecule has 1 N–H and O–H groups in total. The Morgan fingerprint density at radius 1 is 1.22 bits per heavy atom. The number of methoxy groups -OCH3 is 2. The van der Waals surface area contributed by atoms with E-state index in [1.54, 1.807) is 21.1 Å². The third-order valence-electron chi connectivity index (χ3n) is 2.46. The monoisotopic (exact) mass is 645 g/mol. The van der Waals surface area contributed by atoms with Crippen LogP contribution in [0.25, 0.3) is 0 Å². The van der Waals surface area contributed by atoms with Gasteiger partial charge >= 0.3 is 145 Å². The summed E-state index contributed by atoms with van der Waals surface area (Å²) in [5, 5.41) is 3.79. The van der Waals surface area contributed by atoms with Gasteiger partial charge in [0.05, 0.1) is 0 Å². The zero-order chi connectivity index (χ0) is 13.9. The number of anilines is 1. The molecule has 4 nitrogen and oxygen atoms in total. The summed E-state index contributed by atoms with van der Waals surface area (Å²) in [6, 6.07) is 0. The van der Waals surface area contributed by atoms with E-state index in [4.69, 9.17) is 21.1 Å². The van der Waals surface area contributed by atoms with E-state index in [0.717, 1.165) is 23.3 Å². The first kappa shape index (κ1) is 16.5. The van der Waals surface area contributed by atoms with E-state index in [-0.39, 0.29) is 12.3 Å². The molecule has 0 spiro atoms. The molecule has 0 radical (unpaired) electrons. The Kier molecular flexibility index (Phi) is 6.68. The molecule has 0 heterocycles. The van der Waals surface area contributed by atoms with Crippen molar-refractivity contribution in [2.75, 3.05) is 26.1 Å². The summed E-state index contributed by atoms with van der Waals surface area (Å²) in [4.78, 5) is 11.1. The molecule has 0 amide bonds. The van der Waals surface area contributed by atoms with E-state index in [1.165, 1.54) is 0 Å². The van der Waals surface area contributed by atoms with Crippen molar-refractivity contribution in [2.24, 2.45) is 0 Å². The van der Waals surface area contributed by atoms with Crippen LogP contribution in [0.4, 0.5) is 5.69 Å². The number of benzene rings is 1. The molecule has 0 fully saturated rings. The van der Waals surface area contributed by atoms with E-state index in [2.05, 4.69) is 5.32 Å². The molecule has 1 rings (SSSR count). The molecule has 90 valence electrons. The number of hydrogen-bond donors (Lipinski definition) is 1.